The molecule has 0 aliphatic carbocycles. The van der Waals surface area contributed by atoms with Gasteiger partial charge in [-0.15, -0.1) is 0 Å². The second-order valence-electron chi connectivity index (χ2n) is 4.98. The first-order valence-corrected chi connectivity index (χ1v) is 7.11. The molecule has 106 valence electrons. The van der Waals surface area contributed by atoms with Crippen molar-refractivity contribution in [3.63, 3.8) is 0 Å². The molecule has 0 fully saturated rings. The summed E-state index contributed by atoms with van der Waals surface area (Å²) in [4.78, 5) is 14.1. The summed E-state index contributed by atoms with van der Waals surface area (Å²) < 4.78 is 0. The molecule has 0 aromatic heterocycles. The summed E-state index contributed by atoms with van der Waals surface area (Å²) in [6, 6.07) is 9.49. The molecule has 3 heteroatoms. The van der Waals surface area contributed by atoms with Crippen LogP contribution in [0.15, 0.2) is 30.3 Å². The molecule has 0 amide bonds. The van der Waals surface area contributed by atoms with Gasteiger partial charge >= 0.3 is 0 Å². The highest BCUT2D eigenvalue weighted by Crippen LogP contribution is 2.06. The van der Waals surface area contributed by atoms with Crippen LogP contribution in [0.5, 0.6) is 0 Å². The minimum atomic E-state index is 0.231. The fraction of sp³-hybridized carbons (Fsp3) is 0.562. The van der Waals surface area contributed by atoms with Crippen molar-refractivity contribution in [3.8, 4) is 0 Å². The molecule has 0 heterocycles. The molecule has 0 aliphatic rings. The number of carbonyl (C=O) groups is 1. The highest BCUT2D eigenvalue weighted by atomic mass is 16.2. The molecule has 0 atom stereocenters. The first kappa shape index (κ1) is 15.9. The maximum atomic E-state index is 11.9. The molecule has 0 spiro atoms. The van der Waals surface area contributed by atoms with E-state index in [1.165, 1.54) is 0 Å². The Hall–Kier alpha value is -1.19. The second kappa shape index (κ2) is 9.70. The lowest BCUT2D eigenvalue weighted by atomic mass is 10.1. The fourth-order valence-electron chi connectivity index (χ4n) is 2.06. The number of hydrogen-bond donors (Lipinski definition) is 1. The molecule has 0 bridgehead atoms. The van der Waals surface area contributed by atoms with Gasteiger partial charge in [-0.25, -0.2) is 0 Å². The number of ketones is 1. The quantitative estimate of drug-likeness (QED) is 0.521. The zero-order valence-electron chi connectivity index (χ0n) is 11.8. The number of aliphatic hydroxyl groups excluding tert-OH is 1. The van der Waals surface area contributed by atoms with E-state index in [1.807, 2.05) is 30.3 Å². The van der Waals surface area contributed by atoms with Crippen molar-refractivity contribution in [2.24, 2.45) is 0 Å². The van der Waals surface area contributed by atoms with Crippen LogP contribution in [-0.4, -0.2) is 42.5 Å². The minimum Gasteiger partial charge on any atom is -0.396 e. The van der Waals surface area contributed by atoms with Gasteiger partial charge in [0.05, 0.1) is 0 Å². The molecule has 1 N–H and O–H groups in total. The van der Waals surface area contributed by atoms with E-state index in [4.69, 9.17) is 5.11 Å². The zero-order chi connectivity index (χ0) is 13.9. The summed E-state index contributed by atoms with van der Waals surface area (Å²) in [7, 11) is 2.09. The monoisotopic (exact) mass is 263 g/mol. The maximum absolute atomic E-state index is 11.9. The largest absolute Gasteiger partial charge is 0.396 e. The number of nitrogens with zero attached hydrogens (tertiary/aromatic N) is 1. The van der Waals surface area contributed by atoms with Crippen LogP contribution in [0.3, 0.4) is 0 Å². The van der Waals surface area contributed by atoms with E-state index in [9.17, 15) is 4.79 Å². The van der Waals surface area contributed by atoms with Crippen molar-refractivity contribution in [2.75, 3.05) is 26.7 Å². The van der Waals surface area contributed by atoms with Gasteiger partial charge < -0.3 is 10.0 Å². The van der Waals surface area contributed by atoms with Crippen molar-refractivity contribution in [2.45, 2.75) is 32.1 Å². The lowest BCUT2D eigenvalue weighted by Crippen LogP contribution is -2.21. The number of hydrogen-bond acceptors (Lipinski definition) is 3. The van der Waals surface area contributed by atoms with Gasteiger partial charge in [0, 0.05) is 18.6 Å². The predicted octanol–water partition coefficient (Wildman–Crippen LogP) is 2.74. The van der Waals surface area contributed by atoms with Crippen LogP contribution in [0.2, 0.25) is 0 Å². The molecule has 19 heavy (non-hydrogen) atoms. The highest BCUT2D eigenvalue weighted by molar-refractivity contribution is 5.95. The van der Waals surface area contributed by atoms with Gasteiger partial charge in [0.15, 0.2) is 5.78 Å². The smallest absolute Gasteiger partial charge is 0.162 e. The van der Waals surface area contributed by atoms with Crippen molar-refractivity contribution in [3.05, 3.63) is 35.9 Å². The number of rotatable bonds is 10. The van der Waals surface area contributed by atoms with Gasteiger partial charge in [-0.05, 0) is 45.8 Å². The third-order valence-corrected chi connectivity index (χ3v) is 3.24. The minimum absolute atomic E-state index is 0.231. The maximum Gasteiger partial charge on any atom is 0.162 e. The van der Waals surface area contributed by atoms with Gasteiger partial charge in [-0.3, -0.25) is 4.79 Å². The van der Waals surface area contributed by atoms with Crippen LogP contribution in [0, 0.1) is 0 Å². The molecule has 0 unspecified atom stereocenters. The topological polar surface area (TPSA) is 40.5 Å². The summed E-state index contributed by atoms with van der Waals surface area (Å²) in [5, 5.41) is 8.69. The summed E-state index contributed by atoms with van der Waals surface area (Å²) in [6.07, 6.45) is 4.60. The Morgan fingerprint density at radius 2 is 1.74 bits per heavy atom. The normalized spacial score (nSPS) is 10.9. The first-order chi connectivity index (χ1) is 9.24. The van der Waals surface area contributed by atoms with Crippen LogP contribution in [0.1, 0.15) is 42.5 Å². The van der Waals surface area contributed by atoms with E-state index in [-0.39, 0.29) is 12.4 Å². The molecule has 1 aromatic rings. The van der Waals surface area contributed by atoms with E-state index < -0.39 is 0 Å². The Kier molecular flexibility index (Phi) is 8.10. The Morgan fingerprint density at radius 1 is 1.05 bits per heavy atom. The Balaban J connectivity index is 2.11. The molecule has 0 saturated carbocycles. The van der Waals surface area contributed by atoms with Crippen LogP contribution in [0.4, 0.5) is 0 Å². The summed E-state index contributed by atoms with van der Waals surface area (Å²) in [5.74, 6) is 0.231. The molecule has 1 aromatic carbocycles. The van der Waals surface area contributed by atoms with Crippen LogP contribution in [-0.2, 0) is 0 Å². The van der Waals surface area contributed by atoms with Crippen molar-refractivity contribution in [1.29, 1.82) is 0 Å². The summed E-state index contributed by atoms with van der Waals surface area (Å²) in [6.45, 7) is 2.28. The number of unbranched alkanes of at least 4 members (excludes halogenated alkanes) is 2. The molecule has 0 aliphatic heterocycles. The molecule has 0 radical (unpaired) electrons. The SMILES string of the molecule is CN(CCCCCO)CCCC(=O)c1ccccc1. The van der Waals surface area contributed by atoms with Gasteiger partial charge in [-0.1, -0.05) is 30.3 Å². The summed E-state index contributed by atoms with van der Waals surface area (Å²) >= 11 is 0. The zero-order valence-corrected chi connectivity index (χ0v) is 11.8. The molecule has 0 saturated heterocycles. The van der Waals surface area contributed by atoms with E-state index in [1.54, 1.807) is 0 Å². The third-order valence-electron chi connectivity index (χ3n) is 3.24. The Morgan fingerprint density at radius 3 is 2.42 bits per heavy atom. The van der Waals surface area contributed by atoms with Gasteiger partial charge in [-0.2, -0.15) is 0 Å². The van der Waals surface area contributed by atoms with Gasteiger partial charge in [0.2, 0.25) is 0 Å². The number of benzene rings is 1. The van der Waals surface area contributed by atoms with Crippen molar-refractivity contribution >= 4 is 5.78 Å². The number of aliphatic hydroxyl groups is 1. The average Bonchev–Trinajstić information content (AvgIpc) is 2.44. The van der Waals surface area contributed by atoms with E-state index >= 15 is 0 Å². The van der Waals surface area contributed by atoms with Crippen LogP contribution >= 0.6 is 0 Å². The highest BCUT2D eigenvalue weighted by Gasteiger charge is 2.05. The Labute approximate surface area is 116 Å². The molecule has 3 nitrogen and oxygen atoms in total. The van der Waals surface area contributed by atoms with Crippen molar-refractivity contribution < 1.29 is 9.90 Å². The molecular formula is C16H25NO2. The second-order valence-corrected chi connectivity index (χ2v) is 4.98. The molecule has 1 rings (SSSR count). The molecular weight excluding hydrogens is 238 g/mol. The first-order valence-electron chi connectivity index (χ1n) is 7.11. The fourth-order valence-corrected chi connectivity index (χ4v) is 2.06. The summed E-state index contributed by atoms with van der Waals surface area (Å²) in [5.41, 5.74) is 0.813. The predicted molar refractivity (Wildman–Crippen MR) is 78.4 cm³/mol. The van der Waals surface area contributed by atoms with Gasteiger partial charge in [0.1, 0.15) is 0 Å². The lowest BCUT2D eigenvalue weighted by molar-refractivity contribution is 0.0976. The van der Waals surface area contributed by atoms with Crippen molar-refractivity contribution in [1.82, 2.24) is 4.90 Å². The third kappa shape index (κ3) is 7.09. The lowest BCUT2D eigenvalue weighted by Gasteiger charge is -2.15. The Bertz CT molecular complexity index is 351. The van der Waals surface area contributed by atoms with E-state index in [0.717, 1.165) is 44.3 Å². The van der Waals surface area contributed by atoms with E-state index in [2.05, 4.69) is 11.9 Å². The van der Waals surface area contributed by atoms with Gasteiger partial charge in [0.25, 0.3) is 0 Å². The van der Waals surface area contributed by atoms with E-state index in [0.29, 0.717) is 6.42 Å². The van der Waals surface area contributed by atoms with Crippen LogP contribution in [0.25, 0.3) is 0 Å². The standard InChI is InChI=1S/C16H25NO2/c1-17(12-6-3-7-14-18)13-8-11-16(19)15-9-4-2-5-10-15/h2,4-5,9-10,18H,3,6-8,11-14H2,1H3. The van der Waals surface area contributed by atoms with Crippen LogP contribution < -0.4 is 0 Å². The average molecular weight is 263 g/mol. The number of Topliss-reactive ketones (excluding diaryl/α,β-unsaturated/α-hetero) is 1. The number of carbonyl (C=O) groups excluding carboxylic acids is 1.